The minimum Gasteiger partial charge on any atom is -0.496 e. The summed E-state index contributed by atoms with van der Waals surface area (Å²) in [6.07, 6.45) is 2.66. The Hall–Kier alpha value is -1.77. The molecule has 1 aromatic carbocycles. The Kier molecular flexibility index (Phi) is 4.76. The van der Waals surface area contributed by atoms with Gasteiger partial charge in [0.25, 0.3) is 0 Å². The molecule has 0 atom stereocenters. The normalized spacial score (nSPS) is 11.4. The van der Waals surface area contributed by atoms with Crippen molar-refractivity contribution >= 4 is 11.5 Å². The molecule has 0 amide bonds. The van der Waals surface area contributed by atoms with Gasteiger partial charge in [-0.15, -0.1) is 0 Å². The van der Waals surface area contributed by atoms with Gasteiger partial charge in [0.2, 0.25) is 0 Å². The highest BCUT2D eigenvalue weighted by Crippen LogP contribution is 2.23. The van der Waals surface area contributed by atoms with Gasteiger partial charge in [0.05, 0.1) is 7.11 Å². The lowest BCUT2D eigenvalue weighted by Gasteiger charge is -2.08. The molecule has 0 saturated heterocycles. The lowest BCUT2D eigenvalue weighted by Crippen LogP contribution is -1.93. The second kappa shape index (κ2) is 6.09. The molecule has 0 aliphatic heterocycles. The maximum absolute atomic E-state index is 10.4. The SMILES string of the molecule is COc1cc(C(C)=CCCC(=O)O)ccc1C. The van der Waals surface area contributed by atoms with Crippen LogP contribution in [-0.2, 0) is 4.79 Å². The van der Waals surface area contributed by atoms with Gasteiger partial charge in [-0.05, 0) is 43.0 Å². The minimum atomic E-state index is -0.768. The number of benzene rings is 1. The number of methoxy groups -OCH3 is 1. The Morgan fingerprint density at radius 3 is 2.76 bits per heavy atom. The van der Waals surface area contributed by atoms with Crippen LogP contribution in [0.3, 0.4) is 0 Å². The maximum atomic E-state index is 10.4. The van der Waals surface area contributed by atoms with Crippen molar-refractivity contribution in [3.8, 4) is 5.75 Å². The van der Waals surface area contributed by atoms with E-state index in [-0.39, 0.29) is 6.42 Å². The first-order chi connectivity index (χ1) is 8.04. The molecule has 0 bridgehead atoms. The molecule has 0 saturated carbocycles. The topological polar surface area (TPSA) is 46.5 Å². The summed E-state index contributed by atoms with van der Waals surface area (Å²) in [6.45, 7) is 3.97. The van der Waals surface area contributed by atoms with Gasteiger partial charge in [-0.3, -0.25) is 4.79 Å². The van der Waals surface area contributed by atoms with E-state index in [1.54, 1.807) is 7.11 Å². The average molecular weight is 234 g/mol. The number of hydrogen-bond acceptors (Lipinski definition) is 2. The van der Waals surface area contributed by atoms with E-state index in [2.05, 4.69) is 0 Å². The largest absolute Gasteiger partial charge is 0.496 e. The molecule has 0 aliphatic rings. The molecule has 17 heavy (non-hydrogen) atoms. The maximum Gasteiger partial charge on any atom is 0.303 e. The molecule has 1 aromatic rings. The van der Waals surface area contributed by atoms with Crippen molar-refractivity contribution in [1.29, 1.82) is 0 Å². The molecule has 0 radical (unpaired) electrons. The molecule has 92 valence electrons. The molecule has 0 fully saturated rings. The number of aryl methyl sites for hydroxylation is 1. The smallest absolute Gasteiger partial charge is 0.303 e. The van der Waals surface area contributed by atoms with E-state index >= 15 is 0 Å². The molecule has 0 unspecified atom stereocenters. The standard InChI is InChI=1S/C14H18O3/c1-10(5-4-6-14(15)16)12-8-7-11(2)13(9-12)17-3/h5,7-9H,4,6H2,1-3H3,(H,15,16). The Balaban J connectivity index is 2.81. The fourth-order valence-corrected chi connectivity index (χ4v) is 1.60. The highest BCUT2D eigenvalue weighted by molar-refractivity contribution is 5.69. The van der Waals surface area contributed by atoms with Crippen LogP contribution in [0.5, 0.6) is 5.75 Å². The summed E-state index contributed by atoms with van der Waals surface area (Å²) in [5, 5.41) is 8.57. The summed E-state index contributed by atoms with van der Waals surface area (Å²) in [4.78, 5) is 10.4. The van der Waals surface area contributed by atoms with Gasteiger partial charge in [-0.25, -0.2) is 0 Å². The van der Waals surface area contributed by atoms with Gasteiger partial charge < -0.3 is 9.84 Å². The average Bonchev–Trinajstić information content (AvgIpc) is 2.29. The lowest BCUT2D eigenvalue weighted by molar-refractivity contribution is -0.136. The van der Waals surface area contributed by atoms with Crippen molar-refractivity contribution in [1.82, 2.24) is 0 Å². The van der Waals surface area contributed by atoms with Crippen molar-refractivity contribution in [3.05, 3.63) is 35.4 Å². The van der Waals surface area contributed by atoms with Crippen LogP contribution in [0.25, 0.3) is 5.57 Å². The molecular formula is C14H18O3. The molecular weight excluding hydrogens is 216 g/mol. The third-order valence-electron chi connectivity index (χ3n) is 2.67. The number of allylic oxidation sites excluding steroid dienone is 2. The zero-order valence-corrected chi connectivity index (χ0v) is 10.5. The highest BCUT2D eigenvalue weighted by Gasteiger charge is 2.02. The van der Waals surface area contributed by atoms with Crippen LogP contribution in [0.15, 0.2) is 24.3 Å². The molecule has 0 aromatic heterocycles. The van der Waals surface area contributed by atoms with E-state index in [1.165, 1.54) is 0 Å². The number of hydrogen-bond donors (Lipinski definition) is 1. The number of carboxylic acids is 1. The number of carboxylic acid groups (broad SMARTS) is 1. The third-order valence-corrected chi connectivity index (χ3v) is 2.67. The summed E-state index contributed by atoms with van der Waals surface area (Å²) < 4.78 is 5.26. The molecule has 1 N–H and O–H groups in total. The number of carbonyl (C=O) groups is 1. The Morgan fingerprint density at radius 2 is 2.18 bits per heavy atom. The summed E-state index contributed by atoms with van der Waals surface area (Å²) in [7, 11) is 1.65. The molecule has 1 rings (SSSR count). The first-order valence-electron chi connectivity index (χ1n) is 5.58. The van der Waals surface area contributed by atoms with Crippen LogP contribution >= 0.6 is 0 Å². The summed E-state index contributed by atoms with van der Waals surface area (Å²) in [5.74, 6) is 0.0871. The Morgan fingerprint density at radius 1 is 1.47 bits per heavy atom. The first kappa shape index (κ1) is 13.3. The van der Waals surface area contributed by atoms with Crippen LogP contribution < -0.4 is 4.74 Å². The number of ether oxygens (including phenoxy) is 1. The van der Waals surface area contributed by atoms with E-state index in [1.807, 2.05) is 38.1 Å². The van der Waals surface area contributed by atoms with Crippen molar-refractivity contribution in [2.45, 2.75) is 26.7 Å². The minimum absolute atomic E-state index is 0.167. The zero-order valence-electron chi connectivity index (χ0n) is 10.5. The van der Waals surface area contributed by atoms with Crippen LogP contribution in [-0.4, -0.2) is 18.2 Å². The van der Waals surface area contributed by atoms with E-state index in [4.69, 9.17) is 9.84 Å². The molecule has 3 nitrogen and oxygen atoms in total. The highest BCUT2D eigenvalue weighted by atomic mass is 16.5. The van der Waals surface area contributed by atoms with Crippen molar-refractivity contribution in [2.75, 3.05) is 7.11 Å². The van der Waals surface area contributed by atoms with Crippen molar-refractivity contribution in [3.63, 3.8) is 0 Å². The monoisotopic (exact) mass is 234 g/mol. The van der Waals surface area contributed by atoms with E-state index < -0.39 is 5.97 Å². The van der Waals surface area contributed by atoms with Gasteiger partial charge >= 0.3 is 5.97 Å². The Labute approximate surface area is 102 Å². The molecule has 0 heterocycles. The number of aliphatic carboxylic acids is 1. The number of rotatable bonds is 5. The molecule has 0 aliphatic carbocycles. The first-order valence-corrected chi connectivity index (χ1v) is 5.58. The second-order valence-corrected chi connectivity index (χ2v) is 4.00. The van der Waals surface area contributed by atoms with Crippen LogP contribution in [0, 0.1) is 6.92 Å². The summed E-state index contributed by atoms with van der Waals surface area (Å²) >= 11 is 0. The van der Waals surface area contributed by atoms with Gasteiger partial charge in [0, 0.05) is 6.42 Å². The summed E-state index contributed by atoms with van der Waals surface area (Å²) in [6, 6.07) is 6.00. The van der Waals surface area contributed by atoms with Gasteiger partial charge in [0.15, 0.2) is 0 Å². The predicted octanol–water partition coefficient (Wildman–Crippen LogP) is 3.27. The third kappa shape index (κ3) is 3.94. The second-order valence-electron chi connectivity index (χ2n) is 4.00. The van der Waals surface area contributed by atoms with E-state index in [0.29, 0.717) is 6.42 Å². The quantitative estimate of drug-likeness (QED) is 0.850. The Bertz CT molecular complexity index is 433. The van der Waals surface area contributed by atoms with Crippen LogP contribution in [0.2, 0.25) is 0 Å². The predicted molar refractivity (Wildman–Crippen MR) is 68.3 cm³/mol. The summed E-state index contributed by atoms with van der Waals surface area (Å²) in [5.41, 5.74) is 3.23. The van der Waals surface area contributed by atoms with E-state index in [9.17, 15) is 4.79 Å². The van der Waals surface area contributed by atoms with Crippen LogP contribution in [0.4, 0.5) is 0 Å². The lowest BCUT2D eigenvalue weighted by atomic mass is 10.0. The van der Waals surface area contributed by atoms with Gasteiger partial charge in [-0.1, -0.05) is 18.2 Å². The van der Waals surface area contributed by atoms with Crippen molar-refractivity contribution < 1.29 is 14.6 Å². The zero-order chi connectivity index (χ0) is 12.8. The van der Waals surface area contributed by atoms with E-state index in [0.717, 1.165) is 22.4 Å². The fourth-order valence-electron chi connectivity index (χ4n) is 1.60. The molecule has 3 heteroatoms. The fraction of sp³-hybridized carbons (Fsp3) is 0.357. The molecule has 0 spiro atoms. The van der Waals surface area contributed by atoms with Gasteiger partial charge in [-0.2, -0.15) is 0 Å². The van der Waals surface area contributed by atoms with Gasteiger partial charge in [0.1, 0.15) is 5.75 Å². The van der Waals surface area contributed by atoms with Crippen molar-refractivity contribution in [2.24, 2.45) is 0 Å². The van der Waals surface area contributed by atoms with Crippen LogP contribution in [0.1, 0.15) is 30.9 Å².